The van der Waals surface area contributed by atoms with Gasteiger partial charge in [-0.2, -0.15) is 0 Å². The molecule has 2 saturated heterocycles. The van der Waals surface area contributed by atoms with Crippen LogP contribution in [0.1, 0.15) is 35.5 Å². The fourth-order valence-corrected chi connectivity index (χ4v) is 4.35. The summed E-state index contributed by atoms with van der Waals surface area (Å²) in [5, 5.41) is 3.38. The molecule has 0 saturated carbocycles. The number of aryl methyl sites for hydroxylation is 1. The topological polar surface area (TPSA) is 79.8 Å². The van der Waals surface area contributed by atoms with E-state index in [2.05, 4.69) is 10.3 Å². The number of carbonyl (C=O) groups is 1. The number of carbonyl (C=O) groups excluding carboxylic acids is 1. The minimum absolute atomic E-state index is 0.00107. The normalized spacial score (nSPS) is 23.0. The predicted octanol–water partition coefficient (Wildman–Crippen LogP) is 2.91. The van der Waals surface area contributed by atoms with Crippen LogP contribution in [0.2, 0.25) is 0 Å². The number of hydrogen-bond donors (Lipinski definition) is 1. The number of piperidine rings is 1. The highest BCUT2D eigenvalue weighted by molar-refractivity contribution is 5.95. The standard InChI is InChI=1S/C23H27F2N5O3/c1-29-20(31)5-3-18-22(29)28-23(21(27-18)26-15-8-11-32-13-15)30-9-6-16(7-10-30)33-19-4-2-14(24)12-17(19)25/h2,4,12,15-16H,3,5-11,13H2,1H3,(H,26,27)/t15-/m1/s1/i1D3. The molecule has 0 bridgehead atoms. The molecule has 3 aliphatic rings. The SMILES string of the molecule is [2H]C([2H])([2H])N1C(=O)CCc2nc(N[C@@H]3CCOC3)c(N3CCC(Oc4ccc(F)cc4F)CC3)nc21. The number of amides is 1. The molecule has 176 valence electrons. The van der Waals surface area contributed by atoms with Crippen LogP contribution < -0.4 is 19.9 Å². The zero-order chi connectivity index (χ0) is 25.4. The predicted molar refractivity (Wildman–Crippen MR) is 119 cm³/mol. The first kappa shape index (κ1) is 18.4. The zero-order valence-electron chi connectivity index (χ0n) is 21.0. The van der Waals surface area contributed by atoms with Crippen molar-refractivity contribution in [2.24, 2.45) is 0 Å². The highest BCUT2D eigenvalue weighted by Gasteiger charge is 2.30. The molecule has 1 amide bonds. The van der Waals surface area contributed by atoms with Gasteiger partial charge in [0.2, 0.25) is 5.91 Å². The minimum Gasteiger partial charge on any atom is -0.487 e. The van der Waals surface area contributed by atoms with Crippen molar-refractivity contribution in [2.45, 2.75) is 44.2 Å². The fourth-order valence-electron chi connectivity index (χ4n) is 4.35. The number of hydrogen-bond acceptors (Lipinski definition) is 7. The van der Waals surface area contributed by atoms with E-state index >= 15 is 0 Å². The number of rotatable bonds is 5. The Labute approximate surface area is 195 Å². The van der Waals surface area contributed by atoms with Gasteiger partial charge in [-0.25, -0.2) is 18.7 Å². The van der Waals surface area contributed by atoms with Crippen LogP contribution in [0.4, 0.5) is 26.2 Å². The largest absolute Gasteiger partial charge is 0.487 e. The lowest BCUT2D eigenvalue weighted by atomic mass is 10.1. The summed E-state index contributed by atoms with van der Waals surface area (Å²) in [4.78, 5) is 24.6. The van der Waals surface area contributed by atoms with Crippen LogP contribution in [0.25, 0.3) is 0 Å². The molecule has 10 heteroatoms. The summed E-state index contributed by atoms with van der Waals surface area (Å²) in [5.41, 5.74) is 0.459. The quantitative estimate of drug-likeness (QED) is 0.732. The van der Waals surface area contributed by atoms with Crippen molar-refractivity contribution < 1.29 is 27.2 Å². The van der Waals surface area contributed by atoms with Gasteiger partial charge in [0.1, 0.15) is 11.9 Å². The highest BCUT2D eigenvalue weighted by atomic mass is 19.1. The van der Waals surface area contributed by atoms with Crippen molar-refractivity contribution in [2.75, 3.05) is 48.4 Å². The first-order valence-corrected chi connectivity index (χ1v) is 11.1. The first-order chi connectivity index (χ1) is 17.2. The first-order valence-electron chi connectivity index (χ1n) is 12.6. The monoisotopic (exact) mass is 462 g/mol. The van der Waals surface area contributed by atoms with Crippen molar-refractivity contribution in [3.63, 3.8) is 0 Å². The summed E-state index contributed by atoms with van der Waals surface area (Å²) >= 11 is 0. The lowest BCUT2D eigenvalue weighted by Gasteiger charge is -2.35. The Bertz CT molecular complexity index is 1140. The van der Waals surface area contributed by atoms with E-state index in [1.54, 1.807) is 0 Å². The van der Waals surface area contributed by atoms with Gasteiger partial charge < -0.3 is 19.7 Å². The van der Waals surface area contributed by atoms with Crippen molar-refractivity contribution in [3.05, 3.63) is 35.5 Å². The van der Waals surface area contributed by atoms with Gasteiger partial charge in [0, 0.05) is 62.5 Å². The van der Waals surface area contributed by atoms with Crippen LogP contribution in [-0.2, 0) is 16.0 Å². The van der Waals surface area contributed by atoms with Gasteiger partial charge in [-0.15, -0.1) is 0 Å². The molecule has 5 rings (SSSR count). The summed E-state index contributed by atoms with van der Waals surface area (Å²) in [6.07, 6.45) is 1.94. The third-order valence-electron chi connectivity index (χ3n) is 6.16. The Hall–Kier alpha value is -3.01. The third kappa shape index (κ3) is 4.57. The maximum absolute atomic E-state index is 14.0. The van der Waals surface area contributed by atoms with E-state index in [1.807, 2.05) is 4.90 Å². The van der Waals surface area contributed by atoms with Crippen molar-refractivity contribution in [1.82, 2.24) is 9.97 Å². The summed E-state index contributed by atoms with van der Waals surface area (Å²) in [7, 11) is 0. The van der Waals surface area contributed by atoms with Gasteiger partial charge in [-0.3, -0.25) is 9.69 Å². The molecular weight excluding hydrogens is 432 g/mol. The van der Waals surface area contributed by atoms with Gasteiger partial charge in [0.25, 0.3) is 0 Å². The zero-order valence-corrected chi connectivity index (χ0v) is 18.0. The lowest BCUT2D eigenvalue weighted by molar-refractivity contribution is -0.118. The van der Waals surface area contributed by atoms with Gasteiger partial charge in [-0.1, -0.05) is 0 Å². The molecule has 1 N–H and O–H groups in total. The number of benzene rings is 1. The van der Waals surface area contributed by atoms with Gasteiger partial charge in [-0.05, 0) is 18.6 Å². The minimum atomic E-state index is -2.67. The van der Waals surface area contributed by atoms with Gasteiger partial charge in [0.15, 0.2) is 29.0 Å². The van der Waals surface area contributed by atoms with Crippen LogP contribution in [0.15, 0.2) is 18.2 Å². The molecule has 2 aromatic rings. The highest BCUT2D eigenvalue weighted by Crippen LogP contribution is 2.34. The smallest absolute Gasteiger partial charge is 0.228 e. The third-order valence-corrected chi connectivity index (χ3v) is 6.16. The second-order valence-corrected chi connectivity index (χ2v) is 8.48. The Kier molecular flexibility index (Phi) is 5.07. The van der Waals surface area contributed by atoms with Crippen LogP contribution in [-0.4, -0.2) is 61.3 Å². The summed E-state index contributed by atoms with van der Waals surface area (Å²) in [6.45, 7) is -0.546. The van der Waals surface area contributed by atoms with Gasteiger partial charge in [0.05, 0.1) is 18.3 Å². The van der Waals surface area contributed by atoms with Crippen molar-refractivity contribution >= 4 is 23.4 Å². The molecule has 4 heterocycles. The number of anilines is 3. The molecular formula is C23H27F2N5O3. The lowest BCUT2D eigenvalue weighted by Crippen LogP contribution is -2.40. The molecule has 1 atom stereocenters. The van der Waals surface area contributed by atoms with Crippen molar-refractivity contribution in [3.8, 4) is 5.75 Å². The molecule has 1 aromatic heterocycles. The average molecular weight is 463 g/mol. The van der Waals surface area contributed by atoms with E-state index in [0.29, 0.717) is 62.9 Å². The second kappa shape index (κ2) is 9.09. The number of ether oxygens (including phenoxy) is 2. The Balaban J connectivity index is 1.40. The molecule has 0 radical (unpaired) electrons. The maximum Gasteiger partial charge on any atom is 0.228 e. The van der Waals surface area contributed by atoms with Crippen LogP contribution in [0.5, 0.6) is 5.75 Å². The van der Waals surface area contributed by atoms with Crippen LogP contribution in [0, 0.1) is 11.6 Å². The van der Waals surface area contributed by atoms with Crippen molar-refractivity contribution in [1.29, 1.82) is 0 Å². The molecule has 33 heavy (non-hydrogen) atoms. The van der Waals surface area contributed by atoms with E-state index in [4.69, 9.17) is 18.6 Å². The molecule has 1 aromatic carbocycles. The molecule has 2 fully saturated rings. The molecule has 0 unspecified atom stereocenters. The number of halogens is 2. The Morgan fingerprint density at radius 3 is 2.76 bits per heavy atom. The fraction of sp³-hybridized carbons (Fsp3) is 0.522. The maximum atomic E-state index is 14.0. The van der Waals surface area contributed by atoms with Gasteiger partial charge >= 0.3 is 0 Å². The number of fused-ring (bicyclic) bond motifs is 1. The number of aromatic nitrogens is 2. The Morgan fingerprint density at radius 2 is 2.03 bits per heavy atom. The Morgan fingerprint density at radius 1 is 1.18 bits per heavy atom. The second-order valence-electron chi connectivity index (χ2n) is 8.48. The summed E-state index contributed by atoms with van der Waals surface area (Å²) < 4.78 is 62.0. The van der Waals surface area contributed by atoms with E-state index < -0.39 is 24.5 Å². The van der Waals surface area contributed by atoms with E-state index in [9.17, 15) is 13.6 Å². The van der Waals surface area contributed by atoms with E-state index in [1.165, 1.54) is 6.07 Å². The molecule has 0 aliphatic carbocycles. The molecule has 0 spiro atoms. The number of nitrogens with zero attached hydrogens (tertiary/aromatic N) is 4. The summed E-state index contributed by atoms with van der Waals surface area (Å²) in [6, 6.07) is 3.26. The van der Waals surface area contributed by atoms with E-state index in [0.717, 1.165) is 23.5 Å². The number of nitrogens with one attached hydrogen (secondary N) is 1. The van der Waals surface area contributed by atoms with Crippen LogP contribution >= 0.6 is 0 Å². The molecule has 8 nitrogen and oxygen atoms in total. The van der Waals surface area contributed by atoms with E-state index in [-0.39, 0.29) is 30.1 Å². The average Bonchev–Trinajstić information content (AvgIpc) is 3.33. The molecule has 3 aliphatic heterocycles. The van der Waals surface area contributed by atoms with Crippen LogP contribution in [0.3, 0.4) is 0 Å². The summed E-state index contributed by atoms with van der Waals surface area (Å²) in [5.74, 6) is -0.902.